The Hall–Kier alpha value is -2.10. The van der Waals surface area contributed by atoms with Gasteiger partial charge >= 0.3 is 0 Å². The fourth-order valence-electron chi connectivity index (χ4n) is 2.35. The predicted molar refractivity (Wildman–Crippen MR) is 87.8 cm³/mol. The number of fused-ring (bicyclic) bond motifs is 1. The first-order valence-corrected chi connectivity index (χ1v) is 7.67. The zero-order valence-electron chi connectivity index (χ0n) is 12.8. The monoisotopic (exact) mass is 285 g/mol. The van der Waals surface area contributed by atoms with Crippen LogP contribution in [0, 0.1) is 0 Å². The Bertz CT molecular complexity index is 610. The number of hydrogen-bond acceptors (Lipinski definition) is 3. The number of nitrogens with zero attached hydrogens (tertiary/aromatic N) is 1. The van der Waals surface area contributed by atoms with Crippen LogP contribution >= 0.6 is 0 Å². The standard InChI is InChI=1S/C17H23N3O/c1-3-5-8-11-19-17(21)15-12-20-16(18-4-2)14-10-7-6-9-13(14)15/h6-7,9-10,12H,3-5,8,11H2,1-2H3,(H,18,20)(H,19,21). The lowest BCUT2D eigenvalue weighted by atomic mass is 10.1. The molecule has 112 valence electrons. The lowest BCUT2D eigenvalue weighted by molar-refractivity contribution is 0.0954. The molecule has 1 heterocycles. The van der Waals surface area contributed by atoms with E-state index in [4.69, 9.17) is 0 Å². The van der Waals surface area contributed by atoms with Gasteiger partial charge in [0.05, 0.1) is 5.56 Å². The summed E-state index contributed by atoms with van der Waals surface area (Å²) >= 11 is 0. The molecule has 2 aromatic rings. The zero-order valence-corrected chi connectivity index (χ0v) is 12.8. The van der Waals surface area contributed by atoms with Gasteiger partial charge < -0.3 is 10.6 Å². The molecule has 2 N–H and O–H groups in total. The maximum atomic E-state index is 12.3. The molecule has 1 amide bonds. The van der Waals surface area contributed by atoms with Crippen LogP contribution in [0.1, 0.15) is 43.5 Å². The van der Waals surface area contributed by atoms with E-state index in [0.29, 0.717) is 5.56 Å². The summed E-state index contributed by atoms with van der Waals surface area (Å²) < 4.78 is 0. The summed E-state index contributed by atoms with van der Waals surface area (Å²) in [5, 5.41) is 8.14. The largest absolute Gasteiger partial charge is 0.370 e. The van der Waals surface area contributed by atoms with Crippen molar-refractivity contribution in [1.29, 1.82) is 0 Å². The summed E-state index contributed by atoms with van der Waals surface area (Å²) in [5.41, 5.74) is 0.642. The minimum absolute atomic E-state index is 0.0437. The number of anilines is 1. The van der Waals surface area contributed by atoms with Crippen LogP contribution in [0.5, 0.6) is 0 Å². The number of rotatable bonds is 7. The summed E-state index contributed by atoms with van der Waals surface area (Å²) in [5.74, 6) is 0.786. The Morgan fingerprint density at radius 1 is 1.14 bits per heavy atom. The lowest BCUT2D eigenvalue weighted by Crippen LogP contribution is -2.25. The second-order valence-corrected chi connectivity index (χ2v) is 5.06. The summed E-state index contributed by atoms with van der Waals surface area (Å²) in [6.45, 7) is 5.71. The van der Waals surface area contributed by atoms with Gasteiger partial charge in [0.2, 0.25) is 0 Å². The average molecular weight is 285 g/mol. The molecule has 21 heavy (non-hydrogen) atoms. The van der Waals surface area contributed by atoms with Crippen LogP contribution in [-0.4, -0.2) is 24.0 Å². The van der Waals surface area contributed by atoms with Gasteiger partial charge in [-0.25, -0.2) is 4.98 Å². The molecule has 0 radical (unpaired) electrons. The number of hydrogen-bond donors (Lipinski definition) is 2. The fourth-order valence-corrected chi connectivity index (χ4v) is 2.35. The summed E-state index contributed by atoms with van der Waals surface area (Å²) in [6, 6.07) is 7.88. The SMILES string of the molecule is CCCCCNC(=O)c1cnc(NCC)c2ccccc12. The summed E-state index contributed by atoms with van der Waals surface area (Å²) in [6.07, 6.45) is 4.97. The van der Waals surface area contributed by atoms with E-state index < -0.39 is 0 Å². The van der Waals surface area contributed by atoms with Crippen molar-refractivity contribution in [2.24, 2.45) is 0 Å². The highest BCUT2D eigenvalue weighted by Gasteiger charge is 2.12. The molecule has 4 nitrogen and oxygen atoms in total. The van der Waals surface area contributed by atoms with Gasteiger partial charge in [-0.2, -0.15) is 0 Å². The highest BCUT2D eigenvalue weighted by molar-refractivity contribution is 6.09. The minimum Gasteiger partial charge on any atom is -0.370 e. The first kappa shape index (κ1) is 15.3. The van der Waals surface area contributed by atoms with Crippen LogP contribution in [0.2, 0.25) is 0 Å². The highest BCUT2D eigenvalue weighted by atomic mass is 16.1. The smallest absolute Gasteiger partial charge is 0.253 e. The lowest BCUT2D eigenvalue weighted by Gasteiger charge is -2.11. The molecule has 0 fully saturated rings. The number of pyridine rings is 1. The maximum Gasteiger partial charge on any atom is 0.253 e. The van der Waals surface area contributed by atoms with Gasteiger partial charge in [0, 0.05) is 24.7 Å². The van der Waals surface area contributed by atoms with Crippen LogP contribution in [0.3, 0.4) is 0 Å². The van der Waals surface area contributed by atoms with Gasteiger partial charge in [-0.3, -0.25) is 4.79 Å². The van der Waals surface area contributed by atoms with Crippen molar-refractivity contribution >= 4 is 22.5 Å². The number of carbonyl (C=O) groups is 1. The first-order chi connectivity index (χ1) is 10.3. The molecule has 4 heteroatoms. The van der Waals surface area contributed by atoms with E-state index in [1.54, 1.807) is 6.20 Å². The molecule has 0 aliphatic heterocycles. The third kappa shape index (κ3) is 3.72. The Morgan fingerprint density at radius 3 is 2.62 bits per heavy atom. The second-order valence-electron chi connectivity index (χ2n) is 5.06. The molecule has 1 aromatic heterocycles. The van der Waals surface area contributed by atoms with Crippen LogP contribution in [0.4, 0.5) is 5.82 Å². The van der Waals surface area contributed by atoms with E-state index in [9.17, 15) is 4.79 Å². The van der Waals surface area contributed by atoms with Crippen LogP contribution in [0.15, 0.2) is 30.5 Å². The average Bonchev–Trinajstić information content (AvgIpc) is 2.52. The van der Waals surface area contributed by atoms with Gasteiger partial charge in [-0.15, -0.1) is 0 Å². The Kier molecular flexibility index (Phi) is 5.55. The quantitative estimate of drug-likeness (QED) is 0.764. The van der Waals surface area contributed by atoms with E-state index in [2.05, 4.69) is 22.5 Å². The molecule has 0 saturated heterocycles. The Morgan fingerprint density at radius 2 is 1.90 bits per heavy atom. The van der Waals surface area contributed by atoms with E-state index in [1.165, 1.54) is 0 Å². The van der Waals surface area contributed by atoms with Gasteiger partial charge in [0.1, 0.15) is 5.82 Å². The highest BCUT2D eigenvalue weighted by Crippen LogP contribution is 2.24. The molecule has 0 unspecified atom stereocenters. The number of amides is 1. The molecule has 0 aliphatic rings. The van der Waals surface area contributed by atoms with Gasteiger partial charge in [0.25, 0.3) is 5.91 Å². The molecule has 0 bridgehead atoms. The van der Waals surface area contributed by atoms with E-state index in [0.717, 1.165) is 48.9 Å². The normalized spacial score (nSPS) is 10.6. The van der Waals surface area contributed by atoms with Crippen molar-refractivity contribution in [1.82, 2.24) is 10.3 Å². The van der Waals surface area contributed by atoms with Gasteiger partial charge in [-0.1, -0.05) is 44.0 Å². The van der Waals surface area contributed by atoms with Gasteiger partial charge in [-0.05, 0) is 18.7 Å². The van der Waals surface area contributed by atoms with Crippen LogP contribution in [-0.2, 0) is 0 Å². The van der Waals surface area contributed by atoms with Crippen molar-refractivity contribution in [3.63, 3.8) is 0 Å². The molecule has 0 aliphatic carbocycles. The van der Waals surface area contributed by atoms with E-state index in [-0.39, 0.29) is 5.91 Å². The van der Waals surface area contributed by atoms with Crippen molar-refractivity contribution in [2.45, 2.75) is 33.1 Å². The number of nitrogens with one attached hydrogen (secondary N) is 2. The van der Waals surface area contributed by atoms with Crippen molar-refractivity contribution in [3.8, 4) is 0 Å². The second kappa shape index (κ2) is 7.62. The fraction of sp³-hybridized carbons (Fsp3) is 0.412. The van der Waals surface area contributed by atoms with Gasteiger partial charge in [0.15, 0.2) is 0 Å². The number of aromatic nitrogens is 1. The number of carbonyl (C=O) groups excluding carboxylic acids is 1. The predicted octanol–water partition coefficient (Wildman–Crippen LogP) is 3.59. The van der Waals surface area contributed by atoms with Crippen molar-refractivity contribution < 1.29 is 4.79 Å². The zero-order chi connectivity index (χ0) is 15.1. The van der Waals surface area contributed by atoms with Crippen molar-refractivity contribution in [3.05, 3.63) is 36.0 Å². The Labute approximate surface area is 126 Å². The minimum atomic E-state index is -0.0437. The summed E-state index contributed by atoms with van der Waals surface area (Å²) in [4.78, 5) is 16.7. The third-order valence-corrected chi connectivity index (χ3v) is 3.45. The van der Waals surface area contributed by atoms with Crippen molar-refractivity contribution in [2.75, 3.05) is 18.4 Å². The van der Waals surface area contributed by atoms with E-state index in [1.807, 2.05) is 31.2 Å². The first-order valence-electron chi connectivity index (χ1n) is 7.67. The molecule has 2 rings (SSSR count). The maximum absolute atomic E-state index is 12.3. The molecule has 0 atom stereocenters. The number of benzene rings is 1. The molecule has 0 spiro atoms. The molecule has 1 aromatic carbocycles. The third-order valence-electron chi connectivity index (χ3n) is 3.45. The molecular formula is C17H23N3O. The number of unbranched alkanes of at least 4 members (excludes halogenated alkanes) is 2. The Balaban J connectivity index is 2.24. The molecule has 0 saturated carbocycles. The summed E-state index contributed by atoms with van der Waals surface area (Å²) in [7, 11) is 0. The van der Waals surface area contributed by atoms with Crippen LogP contribution in [0.25, 0.3) is 10.8 Å². The topological polar surface area (TPSA) is 54.0 Å². The van der Waals surface area contributed by atoms with Crippen LogP contribution < -0.4 is 10.6 Å². The van der Waals surface area contributed by atoms with E-state index >= 15 is 0 Å². The molecular weight excluding hydrogens is 262 g/mol.